The van der Waals surface area contributed by atoms with E-state index in [-0.39, 0.29) is 16.7 Å². The predicted octanol–water partition coefficient (Wildman–Crippen LogP) is 2.98. The molecule has 0 spiro atoms. The topological polar surface area (TPSA) is 57.6 Å². The molecular weight excluding hydrogens is 274 g/mol. The van der Waals surface area contributed by atoms with Crippen molar-refractivity contribution < 1.29 is 13.5 Å². The largest absolute Gasteiger partial charge is 0.508 e. The summed E-state index contributed by atoms with van der Waals surface area (Å²) in [7, 11) is -1.88. The zero-order valence-corrected chi connectivity index (χ0v) is 13.2. The fourth-order valence-corrected chi connectivity index (χ4v) is 4.21. The maximum atomic E-state index is 12.6. The average Bonchev–Trinajstić information content (AvgIpc) is 2.38. The van der Waals surface area contributed by atoms with E-state index in [0.717, 1.165) is 25.7 Å². The second-order valence-corrected chi connectivity index (χ2v) is 8.41. The molecule has 0 heterocycles. The summed E-state index contributed by atoms with van der Waals surface area (Å²) in [5, 5.41) is 9.45. The summed E-state index contributed by atoms with van der Waals surface area (Å²) in [5.74, 6) is -0.0238. The molecule has 1 N–H and O–H groups in total. The quantitative estimate of drug-likeness (QED) is 0.933. The number of benzene rings is 1. The van der Waals surface area contributed by atoms with Gasteiger partial charge in [-0.2, -0.15) is 4.31 Å². The van der Waals surface area contributed by atoms with Gasteiger partial charge in [-0.25, -0.2) is 8.42 Å². The molecule has 20 heavy (non-hydrogen) atoms. The fourth-order valence-electron chi connectivity index (χ4n) is 2.75. The third kappa shape index (κ3) is 3.15. The number of phenols is 1. The van der Waals surface area contributed by atoms with E-state index in [0.29, 0.717) is 5.41 Å². The summed E-state index contributed by atoms with van der Waals surface area (Å²) >= 11 is 0. The Kier molecular flexibility index (Phi) is 4.12. The zero-order chi connectivity index (χ0) is 15.0. The number of hydrogen-bond donors (Lipinski definition) is 1. The van der Waals surface area contributed by atoms with E-state index >= 15 is 0 Å². The molecule has 1 aliphatic carbocycles. The number of aromatic hydroxyl groups is 1. The lowest BCUT2D eigenvalue weighted by atomic mass is 9.76. The van der Waals surface area contributed by atoms with Crippen LogP contribution in [0.25, 0.3) is 0 Å². The number of phenolic OH excluding ortho intramolecular Hbond substituents is 1. The van der Waals surface area contributed by atoms with Crippen LogP contribution < -0.4 is 0 Å². The van der Waals surface area contributed by atoms with Crippen molar-refractivity contribution in [2.75, 3.05) is 7.05 Å². The van der Waals surface area contributed by atoms with Crippen LogP contribution in [0.5, 0.6) is 5.75 Å². The van der Waals surface area contributed by atoms with Gasteiger partial charge in [-0.1, -0.05) is 19.9 Å². The third-order valence-corrected chi connectivity index (χ3v) is 6.22. The van der Waals surface area contributed by atoms with Crippen molar-refractivity contribution in [2.45, 2.75) is 50.5 Å². The summed E-state index contributed by atoms with van der Waals surface area (Å²) in [6.45, 7) is 4.46. The summed E-state index contributed by atoms with van der Waals surface area (Å²) in [6, 6.07) is 5.91. The Morgan fingerprint density at radius 3 is 2.40 bits per heavy atom. The van der Waals surface area contributed by atoms with E-state index in [2.05, 4.69) is 13.8 Å². The van der Waals surface area contributed by atoms with Crippen molar-refractivity contribution in [1.29, 1.82) is 0 Å². The van der Waals surface area contributed by atoms with E-state index in [1.54, 1.807) is 13.1 Å². The summed E-state index contributed by atoms with van der Waals surface area (Å²) in [6.07, 6.45) is 3.86. The lowest BCUT2D eigenvalue weighted by Gasteiger charge is -2.38. The van der Waals surface area contributed by atoms with Crippen molar-refractivity contribution >= 4 is 10.0 Å². The lowest BCUT2D eigenvalue weighted by molar-refractivity contribution is 0.174. The molecular formula is C15H23NO3S. The van der Waals surface area contributed by atoms with Gasteiger partial charge in [-0.15, -0.1) is 0 Å². The van der Waals surface area contributed by atoms with Crippen LogP contribution in [0.2, 0.25) is 0 Å². The zero-order valence-electron chi connectivity index (χ0n) is 12.3. The molecule has 1 aliphatic rings. The summed E-state index contributed by atoms with van der Waals surface area (Å²) in [4.78, 5) is 0.157. The molecule has 5 heteroatoms. The lowest BCUT2D eigenvalue weighted by Crippen LogP contribution is -2.40. The predicted molar refractivity (Wildman–Crippen MR) is 79.1 cm³/mol. The Morgan fingerprint density at radius 2 is 1.85 bits per heavy atom. The Morgan fingerprint density at radius 1 is 1.25 bits per heavy atom. The minimum atomic E-state index is -3.53. The van der Waals surface area contributed by atoms with Gasteiger partial charge in [-0.05, 0) is 49.3 Å². The number of rotatable bonds is 3. The summed E-state index contributed by atoms with van der Waals surface area (Å²) < 4.78 is 26.6. The van der Waals surface area contributed by atoms with Crippen LogP contribution in [0.3, 0.4) is 0 Å². The standard InChI is InChI=1S/C15H23NO3S/c1-15(2)9-7-12(8-10-15)16(3)20(18,19)14-6-4-5-13(17)11-14/h4-6,11-12,17H,7-10H2,1-3H3. The monoisotopic (exact) mass is 297 g/mol. The van der Waals surface area contributed by atoms with Gasteiger partial charge in [0.25, 0.3) is 0 Å². The maximum absolute atomic E-state index is 12.6. The minimum Gasteiger partial charge on any atom is -0.508 e. The highest BCUT2D eigenvalue weighted by molar-refractivity contribution is 7.89. The molecule has 0 aliphatic heterocycles. The maximum Gasteiger partial charge on any atom is 0.243 e. The van der Waals surface area contributed by atoms with Gasteiger partial charge >= 0.3 is 0 Å². The van der Waals surface area contributed by atoms with Crippen LogP contribution in [0, 0.1) is 5.41 Å². The SMILES string of the molecule is CN(C1CCC(C)(C)CC1)S(=O)(=O)c1cccc(O)c1. The van der Waals surface area contributed by atoms with Crippen molar-refractivity contribution in [2.24, 2.45) is 5.41 Å². The van der Waals surface area contributed by atoms with E-state index in [4.69, 9.17) is 0 Å². The molecule has 4 nitrogen and oxygen atoms in total. The molecule has 1 fully saturated rings. The number of sulfonamides is 1. The molecule has 0 radical (unpaired) electrons. The molecule has 1 saturated carbocycles. The van der Waals surface area contributed by atoms with Crippen molar-refractivity contribution in [3.05, 3.63) is 24.3 Å². The van der Waals surface area contributed by atoms with Gasteiger partial charge in [0.2, 0.25) is 10.0 Å². The van der Waals surface area contributed by atoms with Crippen LogP contribution in [-0.2, 0) is 10.0 Å². The first-order chi connectivity index (χ1) is 9.22. The first-order valence-corrected chi connectivity index (χ1v) is 8.43. The highest BCUT2D eigenvalue weighted by Gasteiger charge is 2.34. The van der Waals surface area contributed by atoms with E-state index in [1.165, 1.54) is 22.5 Å². The van der Waals surface area contributed by atoms with Crippen LogP contribution in [0.15, 0.2) is 29.2 Å². The molecule has 0 aromatic heterocycles. The Balaban J connectivity index is 2.18. The van der Waals surface area contributed by atoms with Crippen LogP contribution in [0.1, 0.15) is 39.5 Å². The molecule has 1 aromatic carbocycles. The van der Waals surface area contributed by atoms with Crippen LogP contribution in [0.4, 0.5) is 0 Å². The second-order valence-electron chi connectivity index (χ2n) is 6.41. The number of nitrogens with zero attached hydrogens (tertiary/aromatic N) is 1. The Hall–Kier alpha value is -1.07. The van der Waals surface area contributed by atoms with Gasteiger partial charge in [0.1, 0.15) is 5.75 Å². The van der Waals surface area contributed by atoms with Gasteiger partial charge in [0.05, 0.1) is 4.90 Å². The van der Waals surface area contributed by atoms with Crippen molar-refractivity contribution in [1.82, 2.24) is 4.31 Å². The molecule has 112 valence electrons. The smallest absolute Gasteiger partial charge is 0.243 e. The Labute approximate surface area is 121 Å². The molecule has 0 amide bonds. The third-order valence-electron chi connectivity index (χ3n) is 4.32. The molecule has 2 rings (SSSR count). The molecule has 0 saturated heterocycles. The fraction of sp³-hybridized carbons (Fsp3) is 0.600. The Bertz CT molecular complexity index is 571. The van der Waals surface area contributed by atoms with Crippen molar-refractivity contribution in [3.8, 4) is 5.75 Å². The molecule has 0 bridgehead atoms. The van der Waals surface area contributed by atoms with Gasteiger partial charge in [0, 0.05) is 13.1 Å². The van der Waals surface area contributed by atoms with Gasteiger partial charge in [-0.3, -0.25) is 0 Å². The molecule has 1 aromatic rings. The molecule has 0 atom stereocenters. The highest BCUT2D eigenvalue weighted by Crippen LogP contribution is 2.37. The first kappa shape index (κ1) is 15.3. The summed E-state index contributed by atoms with van der Waals surface area (Å²) in [5.41, 5.74) is 0.312. The average molecular weight is 297 g/mol. The normalized spacial score (nSPS) is 20.2. The van der Waals surface area contributed by atoms with Gasteiger partial charge < -0.3 is 5.11 Å². The van der Waals surface area contributed by atoms with E-state index in [1.807, 2.05) is 0 Å². The first-order valence-electron chi connectivity index (χ1n) is 6.99. The van der Waals surface area contributed by atoms with Crippen LogP contribution >= 0.6 is 0 Å². The minimum absolute atomic E-state index is 0.0238. The molecule has 0 unspecified atom stereocenters. The van der Waals surface area contributed by atoms with E-state index < -0.39 is 10.0 Å². The van der Waals surface area contributed by atoms with Gasteiger partial charge in [0.15, 0.2) is 0 Å². The van der Waals surface area contributed by atoms with E-state index in [9.17, 15) is 13.5 Å². The number of hydrogen-bond acceptors (Lipinski definition) is 3. The van der Waals surface area contributed by atoms with Crippen molar-refractivity contribution in [3.63, 3.8) is 0 Å². The second kappa shape index (κ2) is 5.37. The van der Waals surface area contributed by atoms with Crippen LogP contribution in [-0.4, -0.2) is 30.9 Å². The highest BCUT2D eigenvalue weighted by atomic mass is 32.2.